The van der Waals surface area contributed by atoms with Crippen molar-refractivity contribution in [3.05, 3.63) is 29.8 Å². The van der Waals surface area contributed by atoms with Crippen LogP contribution in [0.5, 0.6) is 0 Å². The van der Waals surface area contributed by atoms with E-state index in [1.165, 1.54) is 18.4 Å². The number of benzene rings is 1. The molecule has 1 aliphatic heterocycles. The maximum atomic E-state index is 12.8. The van der Waals surface area contributed by atoms with E-state index in [4.69, 9.17) is 0 Å². The van der Waals surface area contributed by atoms with E-state index in [1.807, 2.05) is 29.2 Å². The van der Waals surface area contributed by atoms with Crippen molar-refractivity contribution in [1.29, 1.82) is 0 Å². The Morgan fingerprint density at radius 2 is 1.65 bits per heavy atom. The molecule has 3 rings (SSSR count). The van der Waals surface area contributed by atoms with Crippen LogP contribution in [0.3, 0.4) is 0 Å². The number of hydrogen-bond donors (Lipinski definition) is 1. The van der Waals surface area contributed by atoms with Gasteiger partial charge in [0.05, 0.1) is 0 Å². The van der Waals surface area contributed by atoms with E-state index in [1.54, 1.807) is 0 Å². The zero-order valence-electron chi connectivity index (χ0n) is 13.9. The number of rotatable bonds is 4. The lowest BCUT2D eigenvalue weighted by Crippen LogP contribution is -2.43. The Hall–Kier alpha value is -1.84. The topological polar surface area (TPSA) is 49.4 Å². The minimum Gasteiger partial charge on any atom is -0.342 e. The number of likely N-dealkylation sites (tertiary alicyclic amines) is 1. The molecule has 2 fully saturated rings. The number of anilines is 1. The molecule has 1 aromatic carbocycles. The first kappa shape index (κ1) is 16.0. The summed E-state index contributed by atoms with van der Waals surface area (Å²) in [4.78, 5) is 27.4. The van der Waals surface area contributed by atoms with E-state index in [0.717, 1.165) is 38.0 Å². The van der Waals surface area contributed by atoms with Gasteiger partial charge < -0.3 is 10.2 Å². The third-order valence-corrected chi connectivity index (χ3v) is 5.11. The molecule has 0 atom stereocenters. The molecule has 1 aromatic rings. The van der Waals surface area contributed by atoms with Crippen LogP contribution in [0.25, 0.3) is 0 Å². The molecule has 0 spiro atoms. The van der Waals surface area contributed by atoms with Gasteiger partial charge in [-0.1, -0.05) is 31.9 Å². The van der Waals surface area contributed by atoms with Crippen molar-refractivity contribution in [2.45, 2.75) is 51.9 Å². The molecular formula is C19H26N2O2. The predicted molar refractivity (Wildman–Crippen MR) is 91.2 cm³/mol. The van der Waals surface area contributed by atoms with Crippen LogP contribution in [0.1, 0.15) is 51.0 Å². The highest BCUT2D eigenvalue weighted by molar-refractivity contribution is 6.13. The normalized spacial score (nSPS) is 19.8. The second kappa shape index (κ2) is 6.73. The number of nitrogens with one attached hydrogen (secondary N) is 1. The van der Waals surface area contributed by atoms with Gasteiger partial charge in [0.1, 0.15) is 5.41 Å². The number of nitrogens with zero attached hydrogens (tertiary/aromatic N) is 1. The summed E-state index contributed by atoms with van der Waals surface area (Å²) in [6.07, 6.45) is 6.83. The third-order valence-electron chi connectivity index (χ3n) is 5.11. The van der Waals surface area contributed by atoms with Crippen molar-refractivity contribution in [2.24, 2.45) is 5.41 Å². The smallest absolute Gasteiger partial charge is 0.240 e. The summed E-state index contributed by atoms with van der Waals surface area (Å²) >= 11 is 0. The highest BCUT2D eigenvalue weighted by atomic mass is 16.2. The summed E-state index contributed by atoms with van der Waals surface area (Å²) in [5.41, 5.74) is 1.22. The Balaban J connectivity index is 1.66. The molecular weight excluding hydrogens is 288 g/mol. The number of aryl methyl sites for hydroxylation is 1. The van der Waals surface area contributed by atoms with Crippen molar-refractivity contribution in [1.82, 2.24) is 4.90 Å². The van der Waals surface area contributed by atoms with Gasteiger partial charge in [-0.2, -0.15) is 0 Å². The first-order valence-corrected chi connectivity index (χ1v) is 8.85. The van der Waals surface area contributed by atoms with Crippen molar-refractivity contribution >= 4 is 17.5 Å². The number of carbonyl (C=O) groups excluding carboxylic acids is 2. The van der Waals surface area contributed by atoms with E-state index in [9.17, 15) is 9.59 Å². The molecule has 0 radical (unpaired) electrons. The average Bonchev–Trinajstić information content (AvgIpc) is 3.40. The molecule has 124 valence electrons. The second-order valence-electron chi connectivity index (χ2n) is 6.79. The van der Waals surface area contributed by atoms with Crippen LogP contribution in [0, 0.1) is 5.41 Å². The SMILES string of the molecule is CCc1ccc(NC(=O)C2(C(=O)N3CCCCCC3)CC2)cc1. The maximum Gasteiger partial charge on any atom is 0.240 e. The Bertz CT molecular complexity index is 568. The quantitative estimate of drug-likeness (QED) is 0.866. The Morgan fingerprint density at radius 3 is 2.17 bits per heavy atom. The van der Waals surface area contributed by atoms with Crippen molar-refractivity contribution < 1.29 is 9.59 Å². The molecule has 1 saturated heterocycles. The van der Waals surface area contributed by atoms with Crippen LogP contribution in [-0.2, 0) is 16.0 Å². The molecule has 1 N–H and O–H groups in total. The molecule has 0 unspecified atom stereocenters. The Labute approximate surface area is 138 Å². The molecule has 4 heteroatoms. The van der Waals surface area contributed by atoms with Gasteiger partial charge >= 0.3 is 0 Å². The Morgan fingerprint density at radius 1 is 1.04 bits per heavy atom. The summed E-state index contributed by atoms with van der Waals surface area (Å²) in [5.74, 6) is -0.0851. The summed E-state index contributed by atoms with van der Waals surface area (Å²) in [5, 5.41) is 2.95. The number of carbonyl (C=O) groups is 2. The van der Waals surface area contributed by atoms with Crippen LogP contribution in [0.2, 0.25) is 0 Å². The molecule has 2 aliphatic rings. The second-order valence-corrected chi connectivity index (χ2v) is 6.79. The highest BCUT2D eigenvalue weighted by Gasteiger charge is 2.57. The number of hydrogen-bond acceptors (Lipinski definition) is 2. The van der Waals surface area contributed by atoms with Gasteiger partial charge in [-0.25, -0.2) is 0 Å². The average molecular weight is 314 g/mol. The number of amides is 2. The lowest BCUT2D eigenvalue weighted by Gasteiger charge is -2.25. The van der Waals surface area contributed by atoms with Crippen LogP contribution in [0.4, 0.5) is 5.69 Å². The summed E-state index contributed by atoms with van der Waals surface area (Å²) in [7, 11) is 0. The van der Waals surface area contributed by atoms with Gasteiger partial charge in [0.2, 0.25) is 11.8 Å². The first-order valence-electron chi connectivity index (χ1n) is 8.85. The summed E-state index contributed by atoms with van der Waals surface area (Å²) in [6.45, 7) is 3.71. The fourth-order valence-corrected chi connectivity index (χ4v) is 3.31. The predicted octanol–water partition coefficient (Wildman–Crippen LogP) is 3.37. The summed E-state index contributed by atoms with van der Waals surface area (Å²) < 4.78 is 0. The lowest BCUT2D eigenvalue weighted by atomic mass is 10.0. The Kier molecular flexibility index (Phi) is 4.69. The maximum absolute atomic E-state index is 12.8. The largest absolute Gasteiger partial charge is 0.342 e. The molecule has 4 nitrogen and oxygen atoms in total. The minimum absolute atomic E-state index is 0.0436. The first-order chi connectivity index (χ1) is 11.2. The van der Waals surface area contributed by atoms with Crippen LogP contribution in [-0.4, -0.2) is 29.8 Å². The van der Waals surface area contributed by atoms with E-state index < -0.39 is 5.41 Å². The van der Waals surface area contributed by atoms with E-state index >= 15 is 0 Å². The molecule has 0 bridgehead atoms. The van der Waals surface area contributed by atoms with E-state index in [2.05, 4.69) is 12.2 Å². The molecule has 0 aromatic heterocycles. The monoisotopic (exact) mass is 314 g/mol. The molecule has 1 heterocycles. The lowest BCUT2D eigenvalue weighted by molar-refractivity contribution is -0.142. The van der Waals surface area contributed by atoms with Gasteiger partial charge in [-0.3, -0.25) is 9.59 Å². The molecule has 1 aliphatic carbocycles. The van der Waals surface area contributed by atoms with Gasteiger partial charge in [0, 0.05) is 18.8 Å². The fraction of sp³-hybridized carbons (Fsp3) is 0.579. The van der Waals surface area contributed by atoms with Gasteiger partial charge in [0.25, 0.3) is 0 Å². The van der Waals surface area contributed by atoms with Gasteiger partial charge in [0.15, 0.2) is 0 Å². The zero-order chi connectivity index (χ0) is 16.3. The third kappa shape index (κ3) is 3.41. The minimum atomic E-state index is -0.798. The zero-order valence-corrected chi connectivity index (χ0v) is 13.9. The van der Waals surface area contributed by atoms with Crippen molar-refractivity contribution in [2.75, 3.05) is 18.4 Å². The van der Waals surface area contributed by atoms with Crippen LogP contribution < -0.4 is 5.32 Å². The fourth-order valence-electron chi connectivity index (χ4n) is 3.31. The van der Waals surface area contributed by atoms with E-state index in [0.29, 0.717) is 12.8 Å². The van der Waals surface area contributed by atoms with E-state index in [-0.39, 0.29) is 11.8 Å². The molecule has 23 heavy (non-hydrogen) atoms. The molecule has 1 saturated carbocycles. The van der Waals surface area contributed by atoms with Crippen LogP contribution >= 0.6 is 0 Å². The summed E-state index contributed by atoms with van der Waals surface area (Å²) in [6, 6.07) is 7.88. The standard InChI is InChI=1S/C19H26N2O2/c1-2-15-7-9-16(10-8-15)20-17(22)19(11-12-19)18(23)21-13-5-3-4-6-14-21/h7-10H,2-6,11-14H2,1H3,(H,20,22). The molecule has 2 amide bonds. The highest BCUT2D eigenvalue weighted by Crippen LogP contribution is 2.48. The van der Waals surface area contributed by atoms with Gasteiger partial charge in [-0.15, -0.1) is 0 Å². The van der Waals surface area contributed by atoms with Crippen molar-refractivity contribution in [3.8, 4) is 0 Å². The van der Waals surface area contributed by atoms with Gasteiger partial charge in [-0.05, 0) is 49.8 Å². The van der Waals surface area contributed by atoms with Crippen molar-refractivity contribution in [3.63, 3.8) is 0 Å². The van der Waals surface area contributed by atoms with Crippen LogP contribution in [0.15, 0.2) is 24.3 Å².